The van der Waals surface area contributed by atoms with Gasteiger partial charge in [0.2, 0.25) is 0 Å². The van der Waals surface area contributed by atoms with Gasteiger partial charge in [0, 0.05) is 17.6 Å². The van der Waals surface area contributed by atoms with E-state index in [2.05, 4.69) is 15.3 Å². The summed E-state index contributed by atoms with van der Waals surface area (Å²) >= 11 is 6.02. The minimum atomic E-state index is -0.525. The van der Waals surface area contributed by atoms with Crippen LogP contribution in [0.5, 0.6) is 0 Å². The summed E-state index contributed by atoms with van der Waals surface area (Å²) in [6.07, 6.45) is 0.703. The van der Waals surface area contributed by atoms with Crippen molar-refractivity contribution in [2.24, 2.45) is 0 Å². The molecule has 0 fully saturated rings. The molecule has 0 atom stereocenters. The smallest absolute Gasteiger partial charge is 0.327 e. The highest BCUT2D eigenvalue weighted by atomic mass is 35.5. The van der Waals surface area contributed by atoms with E-state index < -0.39 is 11.2 Å². The van der Waals surface area contributed by atoms with E-state index in [4.69, 9.17) is 11.6 Å². The normalized spacial score (nSPS) is 10.3. The first kappa shape index (κ1) is 12.4. The van der Waals surface area contributed by atoms with E-state index in [1.807, 2.05) is 24.3 Å². The Hall–Kier alpha value is -2.01. The fraction of sp³-hybridized carbons (Fsp3) is 0.167. The highest BCUT2D eigenvalue weighted by Gasteiger charge is 1.99. The van der Waals surface area contributed by atoms with Crippen molar-refractivity contribution < 1.29 is 0 Å². The molecule has 1 heterocycles. The Morgan fingerprint density at radius 1 is 1.17 bits per heavy atom. The van der Waals surface area contributed by atoms with Crippen LogP contribution in [0.3, 0.4) is 0 Å². The van der Waals surface area contributed by atoms with Gasteiger partial charge in [0.15, 0.2) is 0 Å². The van der Waals surface area contributed by atoms with Gasteiger partial charge in [-0.15, -0.1) is 0 Å². The van der Waals surface area contributed by atoms with Crippen molar-refractivity contribution in [3.8, 4) is 0 Å². The fourth-order valence-electron chi connectivity index (χ4n) is 1.60. The van der Waals surface area contributed by atoms with E-state index in [1.165, 1.54) is 6.07 Å². The Kier molecular flexibility index (Phi) is 3.84. The van der Waals surface area contributed by atoms with Crippen LogP contribution in [0, 0.1) is 0 Å². The molecule has 94 valence electrons. The van der Waals surface area contributed by atoms with Crippen LogP contribution in [0.2, 0.25) is 5.02 Å². The summed E-state index contributed by atoms with van der Waals surface area (Å²) in [7, 11) is 0. The molecule has 0 bridgehead atoms. The van der Waals surface area contributed by atoms with Crippen molar-refractivity contribution in [3.05, 3.63) is 61.8 Å². The predicted molar refractivity (Wildman–Crippen MR) is 71.3 cm³/mol. The minimum Gasteiger partial charge on any atom is -0.371 e. The van der Waals surface area contributed by atoms with Crippen molar-refractivity contribution in [2.75, 3.05) is 11.9 Å². The number of halogens is 1. The van der Waals surface area contributed by atoms with Gasteiger partial charge in [-0.25, -0.2) is 4.79 Å². The first-order chi connectivity index (χ1) is 8.65. The van der Waals surface area contributed by atoms with Gasteiger partial charge in [-0.05, 0) is 18.1 Å². The van der Waals surface area contributed by atoms with Crippen LogP contribution in [0.15, 0.2) is 39.9 Å². The maximum atomic E-state index is 11.1. The summed E-state index contributed by atoms with van der Waals surface area (Å²) in [4.78, 5) is 26.7. The molecule has 0 amide bonds. The van der Waals surface area contributed by atoms with Gasteiger partial charge in [-0.3, -0.25) is 14.8 Å². The first-order valence-corrected chi connectivity index (χ1v) is 5.84. The molecule has 0 aliphatic rings. The number of aromatic amines is 2. The number of nitrogens with one attached hydrogen (secondary N) is 3. The number of hydrogen-bond acceptors (Lipinski definition) is 3. The SMILES string of the molecule is O=c1cc(NCCc2ccccc2Cl)[nH]c(=O)[nH]1. The highest BCUT2D eigenvalue weighted by molar-refractivity contribution is 6.31. The molecule has 0 unspecified atom stereocenters. The molecule has 0 saturated heterocycles. The molecule has 2 rings (SSSR count). The Morgan fingerprint density at radius 2 is 1.94 bits per heavy atom. The van der Waals surface area contributed by atoms with Crippen LogP contribution in [0.25, 0.3) is 0 Å². The standard InChI is InChI=1S/C12H12ClN3O2/c13-9-4-2-1-3-8(9)5-6-14-10-7-11(17)16-12(18)15-10/h1-4,7H,5-6H2,(H3,14,15,16,17,18). The number of aromatic nitrogens is 2. The zero-order valence-corrected chi connectivity index (χ0v) is 10.3. The molecule has 0 spiro atoms. The second-order valence-corrected chi connectivity index (χ2v) is 4.18. The number of hydrogen-bond donors (Lipinski definition) is 3. The van der Waals surface area contributed by atoms with Crippen LogP contribution >= 0.6 is 11.6 Å². The van der Waals surface area contributed by atoms with Crippen molar-refractivity contribution >= 4 is 17.4 Å². The average Bonchev–Trinajstić information content (AvgIpc) is 2.30. The van der Waals surface area contributed by atoms with Gasteiger partial charge < -0.3 is 5.32 Å². The lowest BCUT2D eigenvalue weighted by atomic mass is 10.1. The summed E-state index contributed by atoms with van der Waals surface area (Å²) in [5, 5.41) is 3.67. The summed E-state index contributed by atoms with van der Waals surface area (Å²) in [5.41, 5.74) is 0.0561. The van der Waals surface area contributed by atoms with E-state index in [-0.39, 0.29) is 0 Å². The van der Waals surface area contributed by atoms with Crippen molar-refractivity contribution in [3.63, 3.8) is 0 Å². The van der Waals surface area contributed by atoms with Crippen molar-refractivity contribution in [1.29, 1.82) is 0 Å². The fourth-order valence-corrected chi connectivity index (χ4v) is 1.83. The van der Waals surface area contributed by atoms with Gasteiger partial charge in [0.05, 0.1) is 0 Å². The largest absolute Gasteiger partial charge is 0.371 e. The van der Waals surface area contributed by atoms with Crippen LogP contribution < -0.4 is 16.6 Å². The van der Waals surface area contributed by atoms with Gasteiger partial charge >= 0.3 is 5.69 Å². The summed E-state index contributed by atoms with van der Waals surface area (Å²) < 4.78 is 0. The second-order valence-electron chi connectivity index (χ2n) is 3.77. The van der Waals surface area contributed by atoms with Crippen LogP contribution in [-0.4, -0.2) is 16.5 Å². The number of benzene rings is 1. The lowest BCUT2D eigenvalue weighted by molar-refractivity contribution is 0.974. The van der Waals surface area contributed by atoms with Gasteiger partial charge in [0.25, 0.3) is 5.56 Å². The van der Waals surface area contributed by atoms with E-state index >= 15 is 0 Å². The van der Waals surface area contributed by atoms with E-state index in [9.17, 15) is 9.59 Å². The Labute approximate surface area is 108 Å². The third-order valence-electron chi connectivity index (χ3n) is 2.43. The molecule has 1 aromatic carbocycles. The third kappa shape index (κ3) is 3.24. The van der Waals surface area contributed by atoms with E-state index in [1.54, 1.807) is 0 Å². The van der Waals surface area contributed by atoms with Crippen molar-refractivity contribution in [1.82, 2.24) is 9.97 Å². The molecule has 2 aromatic rings. The van der Waals surface area contributed by atoms with Crippen LogP contribution in [-0.2, 0) is 6.42 Å². The molecule has 1 aromatic heterocycles. The van der Waals surface area contributed by atoms with Gasteiger partial charge in [-0.1, -0.05) is 29.8 Å². The molecule has 3 N–H and O–H groups in total. The molecule has 5 nitrogen and oxygen atoms in total. The molecular formula is C12H12ClN3O2. The maximum absolute atomic E-state index is 11.1. The second kappa shape index (κ2) is 5.55. The third-order valence-corrected chi connectivity index (χ3v) is 2.80. The summed E-state index contributed by atoms with van der Waals surface area (Å²) in [6, 6.07) is 8.84. The molecule has 6 heteroatoms. The van der Waals surface area contributed by atoms with E-state index in [0.29, 0.717) is 23.8 Å². The molecule has 0 saturated carbocycles. The maximum Gasteiger partial charge on any atom is 0.327 e. The minimum absolute atomic E-state index is 0.399. The molecule has 0 aliphatic carbocycles. The summed E-state index contributed by atoms with van der Waals surface area (Å²) in [6.45, 7) is 0.573. The first-order valence-electron chi connectivity index (χ1n) is 5.46. The zero-order chi connectivity index (χ0) is 13.0. The topological polar surface area (TPSA) is 77.8 Å². The Morgan fingerprint density at radius 3 is 2.67 bits per heavy atom. The van der Waals surface area contributed by atoms with Gasteiger partial charge in [0.1, 0.15) is 5.82 Å². The number of rotatable bonds is 4. The number of anilines is 1. The Bertz CT molecular complexity index is 620. The van der Waals surface area contributed by atoms with E-state index in [0.717, 1.165) is 5.56 Å². The average molecular weight is 266 g/mol. The molecule has 0 aliphatic heterocycles. The lowest BCUT2D eigenvalue weighted by Crippen LogP contribution is -2.23. The molecule has 0 radical (unpaired) electrons. The molecular weight excluding hydrogens is 254 g/mol. The highest BCUT2D eigenvalue weighted by Crippen LogP contribution is 2.15. The van der Waals surface area contributed by atoms with Crippen molar-refractivity contribution in [2.45, 2.75) is 6.42 Å². The Balaban J connectivity index is 1.99. The zero-order valence-electron chi connectivity index (χ0n) is 9.50. The molecule has 18 heavy (non-hydrogen) atoms. The lowest BCUT2D eigenvalue weighted by Gasteiger charge is -2.06. The predicted octanol–water partition coefficient (Wildman–Crippen LogP) is 1.37. The van der Waals surface area contributed by atoms with Gasteiger partial charge in [-0.2, -0.15) is 0 Å². The number of H-pyrrole nitrogens is 2. The van der Waals surface area contributed by atoms with Crippen LogP contribution in [0.4, 0.5) is 5.82 Å². The van der Waals surface area contributed by atoms with Crippen LogP contribution in [0.1, 0.15) is 5.56 Å². The monoisotopic (exact) mass is 265 g/mol. The summed E-state index contributed by atoms with van der Waals surface area (Å²) in [5.74, 6) is 0.399. The quantitative estimate of drug-likeness (QED) is 0.781.